The number of rotatable bonds is 5. The number of aryl methyl sites for hydroxylation is 2. The number of likely N-dealkylation sites (N-methyl/N-ethyl adjacent to an activating group) is 1. The summed E-state index contributed by atoms with van der Waals surface area (Å²) < 4.78 is 6.06. The molecule has 104 valence electrons. The van der Waals surface area contributed by atoms with Crippen LogP contribution in [0.4, 0.5) is 0 Å². The molecule has 19 heavy (non-hydrogen) atoms. The summed E-state index contributed by atoms with van der Waals surface area (Å²) in [7, 11) is 3.97. The largest absolute Gasteiger partial charge is 0.312 e. The van der Waals surface area contributed by atoms with E-state index >= 15 is 0 Å². The molecule has 0 saturated heterocycles. The van der Waals surface area contributed by atoms with Gasteiger partial charge in [-0.05, 0) is 37.5 Å². The molecule has 6 heteroatoms. The van der Waals surface area contributed by atoms with Crippen molar-refractivity contribution in [1.29, 1.82) is 0 Å². The molecule has 2 aromatic rings. The summed E-state index contributed by atoms with van der Waals surface area (Å²) in [6, 6.07) is 2.38. The second kappa shape index (κ2) is 5.79. The van der Waals surface area contributed by atoms with Crippen molar-refractivity contribution in [2.75, 3.05) is 7.05 Å². The maximum absolute atomic E-state index is 4.40. The maximum atomic E-state index is 4.40. The zero-order chi connectivity index (χ0) is 14.0. The quantitative estimate of drug-likeness (QED) is 0.911. The van der Waals surface area contributed by atoms with Crippen molar-refractivity contribution >= 4 is 11.5 Å². The summed E-state index contributed by atoms with van der Waals surface area (Å²) in [6.45, 7) is 6.33. The van der Waals surface area contributed by atoms with Gasteiger partial charge in [-0.25, -0.2) is 0 Å². The molecule has 1 unspecified atom stereocenters. The van der Waals surface area contributed by atoms with Gasteiger partial charge in [0, 0.05) is 19.2 Å². The van der Waals surface area contributed by atoms with Crippen molar-refractivity contribution in [2.45, 2.75) is 39.2 Å². The van der Waals surface area contributed by atoms with Crippen LogP contribution in [0.5, 0.6) is 0 Å². The minimum atomic E-state index is 0.243. The van der Waals surface area contributed by atoms with E-state index in [4.69, 9.17) is 0 Å². The number of aromatic nitrogens is 4. The van der Waals surface area contributed by atoms with E-state index in [2.05, 4.69) is 39.9 Å². The van der Waals surface area contributed by atoms with Crippen LogP contribution in [0.1, 0.15) is 47.8 Å². The van der Waals surface area contributed by atoms with Crippen LogP contribution >= 0.6 is 11.5 Å². The predicted octanol–water partition coefficient (Wildman–Crippen LogP) is 2.21. The molecule has 5 nitrogen and oxygen atoms in total. The summed E-state index contributed by atoms with van der Waals surface area (Å²) in [5.74, 6) is 0.401. The monoisotopic (exact) mass is 279 g/mol. The van der Waals surface area contributed by atoms with E-state index in [1.54, 1.807) is 0 Å². The van der Waals surface area contributed by atoms with E-state index < -0.39 is 0 Å². The van der Waals surface area contributed by atoms with Crippen LogP contribution < -0.4 is 5.32 Å². The molecule has 0 aromatic carbocycles. The average molecular weight is 279 g/mol. The summed E-state index contributed by atoms with van der Waals surface area (Å²) in [4.78, 5) is 1.23. The van der Waals surface area contributed by atoms with Crippen LogP contribution in [0.25, 0.3) is 0 Å². The van der Waals surface area contributed by atoms with Gasteiger partial charge in [0.2, 0.25) is 0 Å². The first-order chi connectivity index (χ1) is 9.02. The smallest absolute Gasteiger partial charge is 0.0829 e. The van der Waals surface area contributed by atoms with Crippen LogP contribution in [0.3, 0.4) is 0 Å². The molecule has 2 heterocycles. The molecular formula is C13H21N5S. The highest BCUT2D eigenvalue weighted by atomic mass is 32.1. The highest BCUT2D eigenvalue weighted by molar-refractivity contribution is 7.05. The van der Waals surface area contributed by atoms with Crippen molar-refractivity contribution < 1.29 is 0 Å². The minimum absolute atomic E-state index is 0.243. The Kier molecular flexibility index (Phi) is 4.31. The molecule has 0 aliphatic heterocycles. The fourth-order valence-corrected chi connectivity index (χ4v) is 3.15. The SMILES string of the molecule is CNC(Cc1cc(C)nn1C)c1snnc1C(C)C. The second-order valence-corrected chi connectivity index (χ2v) is 5.91. The van der Waals surface area contributed by atoms with E-state index in [1.165, 1.54) is 22.1 Å². The first kappa shape index (κ1) is 14.1. The van der Waals surface area contributed by atoms with Crippen molar-refractivity contribution in [3.63, 3.8) is 0 Å². The molecule has 2 aromatic heterocycles. The molecule has 0 radical (unpaired) electrons. The first-order valence-electron chi connectivity index (χ1n) is 6.51. The third-order valence-electron chi connectivity index (χ3n) is 3.26. The third kappa shape index (κ3) is 3.01. The van der Waals surface area contributed by atoms with E-state index in [-0.39, 0.29) is 6.04 Å². The molecule has 1 N–H and O–H groups in total. The lowest BCUT2D eigenvalue weighted by molar-refractivity contribution is 0.560. The van der Waals surface area contributed by atoms with Gasteiger partial charge in [0.15, 0.2) is 0 Å². The van der Waals surface area contributed by atoms with E-state index in [9.17, 15) is 0 Å². The third-order valence-corrected chi connectivity index (χ3v) is 4.12. The Hall–Kier alpha value is -1.27. The highest BCUT2D eigenvalue weighted by Crippen LogP contribution is 2.28. The van der Waals surface area contributed by atoms with Gasteiger partial charge in [0.25, 0.3) is 0 Å². The van der Waals surface area contributed by atoms with Crippen molar-refractivity contribution in [3.8, 4) is 0 Å². The Labute approximate surface area is 118 Å². The molecular weight excluding hydrogens is 258 g/mol. The molecule has 0 spiro atoms. The fourth-order valence-electron chi connectivity index (χ4n) is 2.24. The normalized spacial score (nSPS) is 13.2. The van der Waals surface area contributed by atoms with Gasteiger partial charge < -0.3 is 5.32 Å². The van der Waals surface area contributed by atoms with Crippen molar-refractivity contribution in [1.82, 2.24) is 24.7 Å². The number of nitrogens with one attached hydrogen (secondary N) is 1. The van der Waals surface area contributed by atoms with Crippen LogP contribution in [-0.2, 0) is 13.5 Å². The number of hydrogen-bond acceptors (Lipinski definition) is 5. The topological polar surface area (TPSA) is 55.6 Å². The van der Waals surface area contributed by atoms with Crippen molar-refractivity contribution in [2.24, 2.45) is 7.05 Å². The second-order valence-electron chi connectivity index (χ2n) is 5.12. The van der Waals surface area contributed by atoms with E-state index in [1.807, 2.05) is 25.7 Å². The predicted molar refractivity (Wildman–Crippen MR) is 77.4 cm³/mol. The van der Waals surface area contributed by atoms with E-state index in [0.717, 1.165) is 17.8 Å². The molecule has 0 bridgehead atoms. The van der Waals surface area contributed by atoms with Crippen LogP contribution in [0, 0.1) is 6.92 Å². The lowest BCUT2D eigenvalue weighted by Crippen LogP contribution is -2.20. The molecule has 0 saturated carbocycles. The lowest BCUT2D eigenvalue weighted by Gasteiger charge is -2.16. The average Bonchev–Trinajstić information content (AvgIpc) is 2.93. The summed E-state index contributed by atoms with van der Waals surface area (Å²) in [6.07, 6.45) is 0.900. The van der Waals surface area contributed by atoms with Gasteiger partial charge in [-0.15, -0.1) is 5.10 Å². The Morgan fingerprint density at radius 3 is 2.68 bits per heavy atom. The standard InChI is InChI=1S/C13H21N5S/c1-8(2)12-13(19-17-15-12)11(14-4)7-10-6-9(3)16-18(10)5/h6,8,11,14H,7H2,1-5H3. The Bertz CT molecular complexity index is 543. The highest BCUT2D eigenvalue weighted by Gasteiger charge is 2.21. The summed E-state index contributed by atoms with van der Waals surface area (Å²) in [5, 5.41) is 12.0. The van der Waals surface area contributed by atoms with Crippen LogP contribution in [-0.4, -0.2) is 26.4 Å². The van der Waals surface area contributed by atoms with Gasteiger partial charge in [0.1, 0.15) is 0 Å². The zero-order valence-electron chi connectivity index (χ0n) is 12.1. The molecule has 0 aliphatic rings. The van der Waals surface area contributed by atoms with Crippen LogP contribution in [0.15, 0.2) is 6.07 Å². The molecule has 2 rings (SSSR count). The number of nitrogens with zero attached hydrogens (tertiary/aromatic N) is 4. The summed E-state index contributed by atoms with van der Waals surface area (Å²) in [5.41, 5.74) is 3.38. The molecule has 1 atom stereocenters. The summed E-state index contributed by atoms with van der Waals surface area (Å²) >= 11 is 1.49. The Balaban J connectivity index is 2.25. The van der Waals surface area contributed by atoms with E-state index in [0.29, 0.717) is 5.92 Å². The maximum Gasteiger partial charge on any atom is 0.0829 e. The first-order valence-corrected chi connectivity index (χ1v) is 7.29. The zero-order valence-corrected chi connectivity index (χ0v) is 13.0. The van der Waals surface area contributed by atoms with Gasteiger partial charge >= 0.3 is 0 Å². The number of hydrogen-bond donors (Lipinski definition) is 1. The lowest BCUT2D eigenvalue weighted by atomic mass is 10.0. The molecule has 0 fully saturated rings. The van der Waals surface area contributed by atoms with Gasteiger partial charge in [-0.3, -0.25) is 4.68 Å². The van der Waals surface area contributed by atoms with Gasteiger partial charge in [0.05, 0.1) is 22.3 Å². The minimum Gasteiger partial charge on any atom is -0.312 e. The van der Waals surface area contributed by atoms with Crippen LogP contribution in [0.2, 0.25) is 0 Å². The Morgan fingerprint density at radius 1 is 1.42 bits per heavy atom. The van der Waals surface area contributed by atoms with Crippen molar-refractivity contribution in [3.05, 3.63) is 28.0 Å². The van der Waals surface area contributed by atoms with Gasteiger partial charge in [-0.1, -0.05) is 18.3 Å². The van der Waals surface area contributed by atoms with Gasteiger partial charge in [-0.2, -0.15) is 5.10 Å². The molecule has 0 amide bonds. The Morgan fingerprint density at radius 2 is 2.16 bits per heavy atom. The molecule has 0 aliphatic carbocycles. The fraction of sp³-hybridized carbons (Fsp3) is 0.615.